The Morgan fingerprint density at radius 2 is 2.00 bits per heavy atom. The second-order valence-electron chi connectivity index (χ2n) is 4.13. The van der Waals surface area contributed by atoms with Crippen LogP contribution in [0.3, 0.4) is 0 Å². The van der Waals surface area contributed by atoms with Crippen molar-refractivity contribution in [2.75, 3.05) is 17.2 Å². The maximum absolute atomic E-state index is 13.8. The number of halogens is 3. The van der Waals surface area contributed by atoms with Crippen LogP contribution in [0.1, 0.15) is 12.5 Å². The van der Waals surface area contributed by atoms with E-state index < -0.39 is 11.6 Å². The molecule has 7 heteroatoms. The Labute approximate surface area is 123 Å². The Morgan fingerprint density at radius 3 is 2.70 bits per heavy atom. The molecule has 2 rings (SSSR count). The zero-order valence-electron chi connectivity index (χ0n) is 11.0. The normalized spacial score (nSPS) is 10.4. The van der Waals surface area contributed by atoms with Crippen molar-refractivity contribution in [3.63, 3.8) is 0 Å². The number of hydrogen-bond donors (Lipinski definition) is 2. The van der Waals surface area contributed by atoms with Gasteiger partial charge in [-0.3, -0.25) is 0 Å². The quantitative estimate of drug-likeness (QED) is 0.881. The molecule has 2 N–H and O–H groups in total. The molecule has 0 bridgehead atoms. The predicted molar refractivity (Wildman–Crippen MR) is 78.3 cm³/mol. The summed E-state index contributed by atoms with van der Waals surface area (Å²) >= 11 is 3.27. The summed E-state index contributed by atoms with van der Waals surface area (Å²) in [5.41, 5.74) is 0.276. The molecule has 0 radical (unpaired) electrons. The largest absolute Gasteiger partial charge is 0.354 e. The first-order valence-electron chi connectivity index (χ1n) is 6.00. The summed E-state index contributed by atoms with van der Waals surface area (Å²) in [6.07, 6.45) is 1.54. The minimum Gasteiger partial charge on any atom is -0.354 e. The molecular weight excluding hydrogens is 330 g/mol. The van der Waals surface area contributed by atoms with Crippen molar-refractivity contribution in [1.29, 1.82) is 0 Å². The molecule has 0 saturated heterocycles. The van der Waals surface area contributed by atoms with Gasteiger partial charge in [-0.1, -0.05) is 0 Å². The number of rotatable bonds is 4. The summed E-state index contributed by atoms with van der Waals surface area (Å²) in [6.45, 7) is 4.08. The standard InChI is InChI=1S/C13H13BrF2N4/c1-3-17-13-18-6-8(14)12(20-13)19-11-5-9(15)7(2)4-10(11)16/h4-6H,3H2,1-2H3,(H2,17,18,19,20). The summed E-state index contributed by atoms with van der Waals surface area (Å²) in [4.78, 5) is 8.23. The molecule has 1 heterocycles. The van der Waals surface area contributed by atoms with Crippen LogP contribution in [0.5, 0.6) is 0 Å². The lowest BCUT2D eigenvalue weighted by molar-refractivity contribution is 0.595. The molecular formula is C13H13BrF2N4. The van der Waals surface area contributed by atoms with Gasteiger partial charge in [-0.15, -0.1) is 0 Å². The number of nitrogens with one attached hydrogen (secondary N) is 2. The number of hydrogen-bond acceptors (Lipinski definition) is 4. The molecule has 2 aromatic rings. The summed E-state index contributed by atoms with van der Waals surface area (Å²) in [6, 6.07) is 2.24. The van der Waals surface area contributed by atoms with Crippen molar-refractivity contribution >= 4 is 33.4 Å². The monoisotopic (exact) mass is 342 g/mol. The van der Waals surface area contributed by atoms with Gasteiger partial charge in [-0.05, 0) is 41.4 Å². The fourth-order valence-corrected chi connectivity index (χ4v) is 1.86. The van der Waals surface area contributed by atoms with Gasteiger partial charge in [0, 0.05) is 18.8 Å². The first-order valence-corrected chi connectivity index (χ1v) is 6.79. The van der Waals surface area contributed by atoms with Crippen LogP contribution in [0.25, 0.3) is 0 Å². The highest BCUT2D eigenvalue weighted by molar-refractivity contribution is 9.10. The van der Waals surface area contributed by atoms with E-state index in [-0.39, 0.29) is 11.3 Å². The van der Waals surface area contributed by atoms with Crippen molar-refractivity contribution in [2.45, 2.75) is 13.8 Å². The van der Waals surface area contributed by atoms with Gasteiger partial charge >= 0.3 is 0 Å². The maximum Gasteiger partial charge on any atom is 0.224 e. The van der Waals surface area contributed by atoms with Crippen molar-refractivity contribution in [2.24, 2.45) is 0 Å². The first kappa shape index (κ1) is 14.6. The minimum absolute atomic E-state index is 0.0231. The van der Waals surface area contributed by atoms with E-state index in [0.29, 0.717) is 22.8 Å². The third-order valence-corrected chi connectivity index (χ3v) is 3.16. The van der Waals surface area contributed by atoms with Crippen LogP contribution in [0, 0.1) is 18.6 Å². The lowest BCUT2D eigenvalue weighted by Gasteiger charge is -2.11. The average molecular weight is 343 g/mol. The number of nitrogens with zero attached hydrogens (tertiary/aromatic N) is 2. The molecule has 0 spiro atoms. The molecule has 1 aromatic carbocycles. The SMILES string of the molecule is CCNc1ncc(Br)c(Nc2cc(F)c(C)cc2F)n1. The van der Waals surface area contributed by atoms with Gasteiger partial charge in [0.25, 0.3) is 0 Å². The van der Waals surface area contributed by atoms with Gasteiger partial charge in [-0.2, -0.15) is 4.98 Å². The van der Waals surface area contributed by atoms with Crippen molar-refractivity contribution in [3.8, 4) is 0 Å². The van der Waals surface area contributed by atoms with Crippen LogP contribution >= 0.6 is 15.9 Å². The second kappa shape index (κ2) is 6.13. The number of aromatic nitrogens is 2. The topological polar surface area (TPSA) is 49.8 Å². The van der Waals surface area contributed by atoms with Gasteiger partial charge in [0.15, 0.2) is 0 Å². The molecule has 0 amide bonds. The number of benzene rings is 1. The Hall–Kier alpha value is -1.76. The molecule has 0 aliphatic rings. The molecule has 0 aliphatic carbocycles. The van der Waals surface area contributed by atoms with E-state index >= 15 is 0 Å². The van der Waals surface area contributed by atoms with Gasteiger partial charge < -0.3 is 10.6 Å². The average Bonchev–Trinajstić information content (AvgIpc) is 2.40. The number of aryl methyl sites for hydroxylation is 1. The highest BCUT2D eigenvalue weighted by atomic mass is 79.9. The van der Waals surface area contributed by atoms with Crippen LogP contribution in [0.4, 0.5) is 26.2 Å². The molecule has 1 aromatic heterocycles. The lowest BCUT2D eigenvalue weighted by atomic mass is 10.2. The van der Waals surface area contributed by atoms with E-state index in [1.54, 1.807) is 0 Å². The molecule has 0 saturated carbocycles. The second-order valence-corrected chi connectivity index (χ2v) is 4.98. The maximum atomic E-state index is 13.8. The fraction of sp³-hybridized carbons (Fsp3) is 0.231. The van der Waals surface area contributed by atoms with Crippen LogP contribution in [-0.2, 0) is 0 Å². The Balaban J connectivity index is 2.34. The first-order chi connectivity index (χ1) is 9.51. The molecule has 0 fully saturated rings. The van der Waals surface area contributed by atoms with Crippen LogP contribution in [0.15, 0.2) is 22.8 Å². The lowest BCUT2D eigenvalue weighted by Crippen LogP contribution is -2.05. The Morgan fingerprint density at radius 1 is 1.25 bits per heavy atom. The molecule has 106 valence electrons. The van der Waals surface area contributed by atoms with Crippen LogP contribution < -0.4 is 10.6 Å². The predicted octanol–water partition coefficient (Wildman–Crippen LogP) is 4.00. The molecule has 0 atom stereocenters. The summed E-state index contributed by atoms with van der Waals surface area (Å²) < 4.78 is 27.8. The smallest absolute Gasteiger partial charge is 0.224 e. The van der Waals surface area contributed by atoms with E-state index in [1.165, 1.54) is 13.1 Å². The van der Waals surface area contributed by atoms with E-state index in [2.05, 4.69) is 36.5 Å². The van der Waals surface area contributed by atoms with Crippen LogP contribution in [-0.4, -0.2) is 16.5 Å². The van der Waals surface area contributed by atoms with Crippen LogP contribution in [0.2, 0.25) is 0 Å². The summed E-state index contributed by atoms with van der Waals surface area (Å²) in [7, 11) is 0. The molecule has 0 aliphatic heterocycles. The molecule has 4 nitrogen and oxygen atoms in total. The van der Waals surface area contributed by atoms with Gasteiger partial charge in [0.05, 0.1) is 10.2 Å². The van der Waals surface area contributed by atoms with E-state index in [4.69, 9.17) is 0 Å². The highest BCUT2D eigenvalue weighted by Gasteiger charge is 2.11. The Bertz CT molecular complexity index is 634. The zero-order valence-corrected chi connectivity index (χ0v) is 12.6. The fourth-order valence-electron chi connectivity index (χ4n) is 1.57. The Kier molecular flexibility index (Phi) is 4.49. The minimum atomic E-state index is -0.542. The highest BCUT2D eigenvalue weighted by Crippen LogP contribution is 2.27. The third-order valence-electron chi connectivity index (χ3n) is 2.58. The number of anilines is 3. The van der Waals surface area contributed by atoms with Crippen molar-refractivity contribution in [3.05, 3.63) is 40.0 Å². The van der Waals surface area contributed by atoms with Crippen molar-refractivity contribution < 1.29 is 8.78 Å². The molecule has 20 heavy (non-hydrogen) atoms. The van der Waals surface area contributed by atoms with Gasteiger partial charge in [0.2, 0.25) is 5.95 Å². The van der Waals surface area contributed by atoms with Gasteiger partial charge in [0.1, 0.15) is 17.5 Å². The van der Waals surface area contributed by atoms with E-state index in [0.717, 1.165) is 12.1 Å². The third kappa shape index (κ3) is 3.22. The van der Waals surface area contributed by atoms with Crippen molar-refractivity contribution in [1.82, 2.24) is 9.97 Å². The van der Waals surface area contributed by atoms with E-state index in [1.807, 2.05) is 6.92 Å². The van der Waals surface area contributed by atoms with E-state index in [9.17, 15) is 8.78 Å². The zero-order chi connectivity index (χ0) is 14.7. The summed E-state index contributed by atoms with van der Waals surface area (Å²) in [5.74, 6) is -0.255. The van der Waals surface area contributed by atoms with Gasteiger partial charge in [-0.25, -0.2) is 13.8 Å². The molecule has 0 unspecified atom stereocenters. The summed E-state index contributed by atoms with van der Waals surface area (Å²) in [5, 5.41) is 5.70.